The first-order valence-electron chi connectivity index (χ1n) is 18.5. The molecule has 0 atom stereocenters. The van der Waals surface area contributed by atoms with Crippen molar-refractivity contribution in [3.05, 3.63) is 113 Å². The number of carbonyl (C=O) groups is 1. The van der Waals surface area contributed by atoms with Crippen molar-refractivity contribution < 1.29 is 14.3 Å². The zero-order valence-corrected chi connectivity index (χ0v) is 30.1. The Bertz CT molecular complexity index is 1860. The van der Waals surface area contributed by atoms with Crippen molar-refractivity contribution >= 4 is 22.3 Å². The number of ether oxygens (including phenoxy) is 2. The van der Waals surface area contributed by atoms with Crippen molar-refractivity contribution in [1.82, 2.24) is 0 Å². The van der Waals surface area contributed by atoms with Gasteiger partial charge in [-0.25, -0.2) is 4.79 Å². The summed E-state index contributed by atoms with van der Waals surface area (Å²) in [6.45, 7) is 9.30. The van der Waals surface area contributed by atoms with Crippen molar-refractivity contribution in [2.45, 2.75) is 90.9 Å². The molecule has 4 bridgehead atoms. The van der Waals surface area contributed by atoms with Crippen LogP contribution in [0, 0.1) is 23.2 Å². The van der Waals surface area contributed by atoms with Gasteiger partial charge in [-0.05, 0) is 157 Å². The van der Waals surface area contributed by atoms with Crippen LogP contribution in [0.1, 0.15) is 107 Å². The average molecular weight is 653 g/mol. The minimum Gasteiger partial charge on any atom is -0.496 e. The summed E-state index contributed by atoms with van der Waals surface area (Å²) in [5, 5.41) is 2.16. The zero-order chi connectivity index (χ0) is 34.2. The first-order valence-corrected chi connectivity index (χ1v) is 18.5. The molecule has 3 nitrogen and oxygen atoms in total. The molecule has 49 heavy (non-hydrogen) atoms. The van der Waals surface area contributed by atoms with Crippen LogP contribution in [0.4, 0.5) is 0 Å². The van der Waals surface area contributed by atoms with Crippen LogP contribution in [-0.4, -0.2) is 19.7 Å². The van der Waals surface area contributed by atoms with Gasteiger partial charge in [0.25, 0.3) is 0 Å². The molecule has 4 aromatic carbocycles. The summed E-state index contributed by atoms with van der Waals surface area (Å²) in [4.78, 5) is 13.1. The highest BCUT2D eigenvalue weighted by molar-refractivity contribution is 5.96. The Morgan fingerprint density at radius 2 is 1.43 bits per heavy atom. The molecule has 3 heteroatoms. The lowest BCUT2D eigenvalue weighted by atomic mass is 9.48. The van der Waals surface area contributed by atoms with Crippen LogP contribution < -0.4 is 4.74 Å². The number of hydrogen-bond acceptors (Lipinski definition) is 3. The summed E-state index contributed by atoms with van der Waals surface area (Å²) >= 11 is 0. The van der Waals surface area contributed by atoms with Crippen molar-refractivity contribution in [2.75, 3.05) is 13.7 Å². The van der Waals surface area contributed by atoms with Gasteiger partial charge in [0.15, 0.2) is 0 Å². The van der Waals surface area contributed by atoms with Crippen molar-refractivity contribution in [3.63, 3.8) is 0 Å². The Morgan fingerprint density at radius 1 is 0.796 bits per heavy atom. The predicted octanol–water partition coefficient (Wildman–Crippen LogP) is 12.0. The van der Waals surface area contributed by atoms with E-state index in [0.29, 0.717) is 12.2 Å². The molecule has 0 heterocycles. The van der Waals surface area contributed by atoms with Crippen molar-refractivity contribution in [3.8, 4) is 16.9 Å². The van der Waals surface area contributed by atoms with Gasteiger partial charge in [0.2, 0.25) is 0 Å². The molecule has 0 radical (unpaired) electrons. The fraction of sp³-hybridized carbons (Fsp3) is 0.435. The van der Waals surface area contributed by atoms with E-state index < -0.39 is 0 Å². The number of esters is 1. The van der Waals surface area contributed by atoms with Crippen LogP contribution in [0.15, 0.2) is 96.2 Å². The van der Waals surface area contributed by atoms with E-state index in [9.17, 15) is 4.79 Å². The second-order valence-corrected chi connectivity index (χ2v) is 16.6. The molecular formula is C46H52O3. The Kier molecular flexibility index (Phi) is 9.33. The molecule has 8 rings (SSSR count). The van der Waals surface area contributed by atoms with E-state index >= 15 is 0 Å². The van der Waals surface area contributed by atoms with E-state index in [2.05, 4.69) is 100 Å². The number of rotatable bonds is 10. The van der Waals surface area contributed by atoms with Crippen molar-refractivity contribution in [2.24, 2.45) is 23.2 Å². The van der Waals surface area contributed by atoms with Crippen LogP contribution in [0.2, 0.25) is 0 Å². The first-order chi connectivity index (χ1) is 23.6. The monoisotopic (exact) mass is 652 g/mol. The van der Waals surface area contributed by atoms with E-state index in [1.165, 1.54) is 71.9 Å². The van der Waals surface area contributed by atoms with Crippen LogP contribution in [0.3, 0.4) is 0 Å². The van der Waals surface area contributed by atoms with Gasteiger partial charge in [0.1, 0.15) is 5.75 Å². The molecule has 4 fully saturated rings. The fourth-order valence-electron chi connectivity index (χ4n) is 9.81. The number of benzene rings is 4. The standard InChI is InChI=1S/C46H52O3/c1-31(27-45(2,3)4)20-36(35-10-7-6-8-11-35)12-9-19-49-44(47)41-16-15-37-24-38(13-14-39(37)25-41)40-17-18-43(48-5)42(26-40)46-28-32-21-33(29-46)23-34(22-32)30-46/h6-8,10-11,13-18,24-26,32-34H,9,12,19,21-23,27-30H2,1-5H3. The van der Waals surface area contributed by atoms with E-state index in [-0.39, 0.29) is 16.8 Å². The van der Waals surface area contributed by atoms with Gasteiger partial charge < -0.3 is 9.47 Å². The number of fused-ring (bicyclic) bond motifs is 1. The molecule has 0 unspecified atom stereocenters. The van der Waals surface area contributed by atoms with Gasteiger partial charge in [-0.2, -0.15) is 0 Å². The fourth-order valence-corrected chi connectivity index (χ4v) is 9.81. The Morgan fingerprint density at radius 3 is 2.10 bits per heavy atom. The molecular weight excluding hydrogens is 601 g/mol. The maximum absolute atomic E-state index is 13.1. The lowest BCUT2D eigenvalue weighted by Crippen LogP contribution is -2.48. The van der Waals surface area contributed by atoms with Crippen molar-refractivity contribution in [1.29, 1.82) is 0 Å². The molecule has 4 saturated carbocycles. The van der Waals surface area contributed by atoms with Gasteiger partial charge in [-0.3, -0.25) is 0 Å². The lowest BCUT2D eigenvalue weighted by Gasteiger charge is -2.57. The summed E-state index contributed by atoms with van der Waals surface area (Å²) in [5.41, 5.74) is 12.2. The molecule has 0 aromatic heterocycles. The average Bonchev–Trinajstić information content (AvgIpc) is 3.07. The highest BCUT2D eigenvalue weighted by Crippen LogP contribution is 2.62. The van der Waals surface area contributed by atoms with Gasteiger partial charge in [-0.1, -0.05) is 75.4 Å². The zero-order valence-electron chi connectivity index (χ0n) is 30.1. The summed E-state index contributed by atoms with van der Waals surface area (Å²) in [7, 11) is 1.82. The second-order valence-electron chi connectivity index (χ2n) is 16.6. The predicted molar refractivity (Wildman–Crippen MR) is 202 cm³/mol. The van der Waals surface area contributed by atoms with Crippen LogP contribution in [0.25, 0.3) is 27.5 Å². The summed E-state index contributed by atoms with van der Waals surface area (Å²) in [5.74, 6) is 3.43. The van der Waals surface area contributed by atoms with E-state index in [4.69, 9.17) is 9.47 Å². The van der Waals surface area contributed by atoms with Crippen LogP contribution >= 0.6 is 0 Å². The SMILES string of the molecule is COc1ccc(-c2ccc3cc(C(=O)OCCCC(=C=C(C)CC(C)(C)C)c4ccccc4)ccc3c2)cc1C12CC3CC(CC(C3)C1)C2. The minimum absolute atomic E-state index is 0.211. The molecule has 4 aliphatic carbocycles. The second kappa shape index (κ2) is 13.7. The number of hydrogen-bond donors (Lipinski definition) is 0. The molecule has 0 aliphatic heterocycles. The van der Waals surface area contributed by atoms with Crippen LogP contribution in [-0.2, 0) is 10.2 Å². The molecule has 0 spiro atoms. The number of carbonyl (C=O) groups excluding carboxylic acids is 1. The number of methoxy groups -OCH3 is 1. The maximum atomic E-state index is 13.1. The largest absolute Gasteiger partial charge is 0.496 e. The van der Waals surface area contributed by atoms with E-state index in [0.717, 1.165) is 53.5 Å². The third-order valence-electron chi connectivity index (χ3n) is 11.3. The lowest BCUT2D eigenvalue weighted by molar-refractivity contribution is -0.00613. The minimum atomic E-state index is -0.272. The first kappa shape index (κ1) is 33.4. The van der Waals surface area contributed by atoms with Gasteiger partial charge in [0, 0.05) is 11.1 Å². The molecule has 0 N–H and O–H groups in total. The van der Waals surface area contributed by atoms with Crippen LogP contribution in [0.5, 0.6) is 5.75 Å². The van der Waals surface area contributed by atoms with Gasteiger partial charge >= 0.3 is 5.97 Å². The smallest absolute Gasteiger partial charge is 0.338 e. The van der Waals surface area contributed by atoms with Gasteiger partial charge in [0.05, 0.1) is 19.3 Å². The van der Waals surface area contributed by atoms with Gasteiger partial charge in [-0.15, -0.1) is 5.73 Å². The molecule has 4 aliphatic rings. The van der Waals surface area contributed by atoms with E-state index in [1.807, 2.05) is 25.3 Å². The molecule has 0 saturated heterocycles. The third kappa shape index (κ3) is 7.43. The normalized spacial score (nSPS) is 22.5. The summed E-state index contributed by atoms with van der Waals surface area (Å²) < 4.78 is 11.8. The summed E-state index contributed by atoms with van der Waals surface area (Å²) in [6, 6.07) is 29.8. The highest BCUT2D eigenvalue weighted by Gasteiger charge is 2.52. The molecule has 254 valence electrons. The maximum Gasteiger partial charge on any atom is 0.338 e. The Hall–Kier alpha value is -4.07. The highest BCUT2D eigenvalue weighted by atomic mass is 16.5. The molecule has 4 aromatic rings. The summed E-state index contributed by atoms with van der Waals surface area (Å²) in [6.07, 6.45) is 10.8. The topological polar surface area (TPSA) is 35.5 Å². The Labute approximate surface area is 293 Å². The quantitative estimate of drug-likeness (QED) is 0.0971. The Balaban J connectivity index is 1.03. The molecule has 0 amide bonds. The van der Waals surface area contributed by atoms with E-state index in [1.54, 1.807) is 0 Å². The number of allylic oxidation sites excluding steroid dienone is 1. The third-order valence-corrected chi connectivity index (χ3v) is 11.3.